The molecular weight excluding hydrogens is 288 g/mol. The Balaban J connectivity index is 1.71. The van der Waals surface area contributed by atoms with Gasteiger partial charge >= 0.3 is 0 Å². The number of para-hydroxylation sites is 1. The van der Waals surface area contributed by atoms with E-state index in [1.165, 1.54) is 16.6 Å². The molecule has 6 rings (SSSR count). The van der Waals surface area contributed by atoms with Gasteiger partial charge in [0, 0.05) is 42.6 Å². The number of hydrogen-bond acceptors (Lipinski definition) is 3. The van der Waals surface area contributed by atoms with Gasteiger partial charge in [-0.1, -0.05) is 18.2 Å². The number of fused-ring (bicyclic) bond motifs is 3. The van der Waals surface area contributed by atoms with E-state index in [0.717, 1.165) is 44.5 Å². The molecular formula is C19H20N2O2. The number of carbonyl (C=O) groups is 1. The van der Waals surface area contributed by atoms with Gasteiger partial charge in [-0.3, -0.25) is 14.3 Å². The molecule has 0 aliphatic carbocycles. The molecule has 4 aliphatic rings. The molecule has 23 heavy (non-hydrogen) atoms. The summed E-state index contributed by atoms with van der Waals surface area (Å²) in [5.41, 5.74) is 3.85. The second-order valence-electron chi connectivity index (χ2n) is 7.61. The summed E-state index contributed by atoms with van der Waals surface area (Å²) in [6.45, 7) is 3.04. The minimum absolute atomic E-state index is 0.0227. The third-order valence-electron chi connectivity index (χ3n) is 6.77. The van der Waals surface area contributed by atoms with Crippen molar-refractivity contribution >= 4 is 16.8 Å². The number of nitrogens with zero attached hydrogens (tertiary/aromatic N) is 2. The fraction of sp³-hybridized carbons (Fsp3) is 0.526. The van der Waals surface area contributed by atoms with E-state index in [0.29, 0.717) is 12.5 Å². The molecule has 3 atom stereocenters. The third kappa shape index (κ3) is 1.35. The Hall–Kier alpha value is -1.65. The monoisotopic (exact) mass is 308 g/mol. The molecule has 2 aromatic rings. The Morgan fingerprint density at radius 1 is 1.22 bits per heavy atom. The van der Waals surface area contributed by atoms with Crippen molar-refractivity contribution in [2.45, 2.75) is 37.8 Å². The van der Waals surface area contributed by atoms with Crippen LogP contribution in [0.4, 0.5) is 0 Å². The van der Waals surface area contributed by atoms with Crippen molar-refractivity contribution in [3.8, 4) is 0 Å². The molecule has 0 bridgehead atoms. The summed E-state index contributed by atoms with van der Waals surface area (Å²) in [5.74, 6) is 0.276. The molecule has 0 radical (unpaired) electrons. The van der Waals surface area contributed by atoms with Crippen LogP contribution in [-0.4, -0.2) is 41.2 Å². The van der Waals surface area contributed by atoms with Crippen molar-refractivity contribution in [3.63, 3.8) is 0 Å². The highest BCUT2D eigenvalue weighted by atomic mass is 16.5. The largest absolute Gasteiger partial charge is 0.377 e. The molecule has 4 nitrogen and oxygen atoms in total. The van der Waals surface area contributed by atoms with Crippen LogP contribution in [0.25, 0.3) is 10.9 Å². The summed E-state index contributed by atoms with van der Waals surface area (Å²) in [4.78, 5) is 15.8. The van der Waals surface area contributed by atoms with E-state index < -0.39 is 0 Å². The lowest BCUT2D eigenvalue weighted by Gasteiger charge is -2.54. The lowest BCUT2D eigenvalue weighted by atomic mass is 9.64. The highest BCUT2D eigenvalue weighted by molar-refractivity contribution is 5.98. The lowest BCUT2D eigenvalue weighted by Crippen LogP contribution is -2.58. The summed E-state index contributed by atoms with van der Waals surface area (Å²) in [5, 5.41) is 1.29. The van der Waals surface area contributed by atoms with Crippen LogP contribution in [-0.2, 0) is 11.2 Å². The molecule has 1 aromatic heterocycles. The van der Waals surface area contributed by atoms with Crippen molar-refractivity contribution in [1.82, 2.24) is 9.47 Å². The smallest absolute Gasteiger partial charge is 0.232 e. The predicted molar refractivity (Wildman–Crippen MR) is 86.6 cm³/mol. The van der Waals surface area contributed by atoms with Crippen LogP contribution in [0.15, 0.2) is 24.3 Å². The molecule has 1 spiro atoms. The second-order valence-corrected chi connectivity index (χ2v) is 7.61. The number of ether oxygens (including phenoxy) is 1. The minimum atomic E-state index is 0.0227. The minimum Gasteiger partial charge on any atom is -0.377 e. The zero-order chi connectivity index (χ0) is 15.2. The number of benzene rings is 1. The summed E-state index contributed by atoms with van der Waals surface area (Å²) >= 11 is 0. The first kappa shape index (κ1) is 12.7. The zero-order valence-corrected chi connectivity index (χ0v) is 13.1. The van der Waals surface area contributed by atoms with Crippen molar-refractivity contribution in [3.05, 3.63) is 35.5 Å². The van der Waals surface area contributed by atoms with Gasteiger partial charge in [0.1, 0.15) is 0 Å². The van der Waals surface area contributed by atoms with E-state index in [9.17, 15) is 4.79 Å². The molecule has 0 amide bonds. The topological polar surface area (TPSA) is 34.5 Å². The average Bonchev–Trinajstić information content (AvgIpc) is 3.12. The van der Waals surface area contributed by atoms with Crippen molar-refractivity contribution in [1.29, 1.82) is 0 Å². The van der Waals surface area contributed by atoms with E-state index in [-0.39, 0.29) is 17.4 Å². The van der Waals surface area contributed by atoms with Crippen molar-refractivity contribution in [2.75, 3.05) is 19.7 Å². The number of aromatic nitrogens is 1. The van der Waals surface area contributed by atoms with Crippen LogP contribution in [0.3, 0.4) is 0 Å². The van der Waals surface area contributed by atoms with Gasteiger partial charge < -0.3 is 4.74 Å². The zero-order valence-electron chi connectivity index (χ0n) is 13.1. The first-order valence-electron chi connectivity index (χ1n) is 8.81. The highest BCUT2D eigenvalue weighted by Crippen LogP contribution is 2.59. The van der Waals surface area contributed by atoms with E-state index in [4.69, 9.17) is 4.74 Å². The molecule has 0 saturated carbocycles. The van der Waals surface area contributed by atoms with E-state index in [2.05, 4.69) is 29.2 Å². The van der Waals surface area contributed by atoms with Crippen LogP contribution in [0.1, 0.15) is 41.4 Å². The fourth-order valence-corrected chi connectivity index (χ4v) is 5.92. The van der Waals surface area contributed by atoms with Gasteiger partial charge in [0.25, 0.3) is 0 Å². The van der Waals surface area contributed by atoms with Crippen molar-refractivity contribution < 1.29 is 9.53 Å². The summed E-state index contributed by atoms with van der Waals surface area (Å²) < 4.78 is 8.13. The molecule has 4 heteroatoms. The van der Waals surface area contributed by atoms with Crippen LogP contribution in [0.2, 0.25) is 0 Å². The number of carbonyl (C=O) groups excluding carboxylic acids is 1. The third-order valence-corrected chi connectivity index (χ3v) is 6.77. The first-order valence-corrected chi connectivity index (χ1v) is 8.81. The molecule has 2 saturated heterocycles. The SMILES string of the molecule is O=C1C[C@]23CCO[C@H]2CCN2CCc4c(n1c1ccccc41)[C@@H]23. The van der Waals surface area contributed by atoms with Crippen LogP contribution in [0.5, 0.6) is 0 Å². The maximum Gasteiger partial charge on any atom is 0.232 e. The van der Waals surface area contributed by atoms with Gasteiger partial charge in [-0.2, -0.15) is 0 Å². The van der Waals surface area contributed by atoms with Gasteiger partial charge in [0.05, 0.1) is 17.7 Å². The Morgan fingerprint density at radius 2 is 2.13 bits per heavy atom. The van der Waals surface area contributed by atoms with E-state index >= 15 is 0 Å². The highest BCUT2D eigenvalue weighted by Gasteiger charge is 2.60. The Morgan fingerprint density at radius 3 is 3.09 bits per heavy atom. The summed E-state index contributed by atoms with van der Waals surface area (Å²) in [6, 6.07) is 8.82. The fourth-order valence-electron chi connectivity index (χ4n) is 5.92. The van der Waals surface area contributed by atoms with Gasteiger partial charge in [0.15, 0.2) is 0 Å². The molecule has 1 aromatic carbocycles. The molecule has 0 N–H and O–H groups in total. The van der Waals surface area contributed by atoms with Gasteiger partial charge in [0.2, 0.25) is 5.91 Å². The quantitative estimate of drug-likeness (QED) is 0.750. The Bertz CT molecular complexity index is 854. The van der Waals surface area contributed by atoms with E-state index in [1.807, 2.05) is 4.57 Å². The number of hydrogen-bond donors (Lipinski definition) is 0. The maximum atomic E-state index is 13.1. The summed E-state index contributed by atoms with van der Waals surface area (Å²) in [6.07, 6.45) is 4.09. The molecule has 4 aliphatic heterocycles. The number of piperidine rings is 1. The van der Waals surface area contributed by atoms with Crippen molar-refractivity contribution in [2.24, 2.45) is 5.41 Å². The van der Waals surface area contributed by atoms with Gasteiger partial charge in [-0.15, -0.1) is 0 Å². The standard InChI is InChI=1S/C19H20N2O2/c22-16-11-19-7-10-23-15(19)6-9-20-8-5-13-12-3-1-2-4-14(12)21(16)17(13)18(19)20/h1-4,15,18H,5-11H2/t15-,18+,19+/m0/s1. The van der Waals surface area contributed by atoms with Gasteiger partial charge in [-0.05, 0) is 30.9 Å². The summed E-state index contributed by atoms with van der Waals surface area (Å²) in [7, 11) is 0. The Labute approximate surface area is 135 Å². The second kappa shape index (κ2) is 4.05. The Kier molecular flexibility index (Phi) is 2.24. The average molecular weight is 308 g/mol. The van der Waals surface area contributed by atoms with Crippen LogP contribution >= 0.6 is 0 Å². The lowest BCUT2D eigenvalue weighted by molar-refractivity contribution is -0.0740. The molecule has 2 fully saturated rings. The van der Waals surface area contributed by atoms with Crippen LogP contribution < -0.4 is 0 Å². The van der Waals surface area contributed by atoms with Gasteiger partial charge in [-0.25, -0.2) is 0 Å². The maximum absolute atomic E-state index is 13.1. The first-order chi connectivity index (χ1) is 11.3. The number of rotatable bonds is 0. The van der Waals surface area contributed by atoms with Crippen LogP contribution in [0, 0.1) is 5.41 Å². The van der Waals surface area contributed by atoms with E-state index in [1.54, 1.807) is 0 Å². The molecule has 5 heterocycles. The molecule has 0 unspecified atom stereocenters. The normalized spacial score (nSPS) is 35.4. The molecule has 118 valence electrons. The predicted octanol–water partition coefficient (Wildman–Crippen LogP) is 2.76.